The number of hydrogen-bond donors (Lipinski definition) is 1. The van der Waals surface area contributed by atoms with E-state index in [4.69, 9.17) is 11.6 Å². The van der Waals surface area contributed by atoms with Gasteiger partial charge in [0, 0.05) is 5.02 Å². The second-order valence-corrected chi connectivity index (χ2v) is 5.77. The summed E-state index contributed by atoms with van der Waals surface area (Å²) in [5.41, 5.74) is 3.21. The predicted molar refractivity (Wildman–Crippen MR) is 72.5 cm³/mol. The first-order valence-electron chi connectivity index (χ1n) is 6.52. The highest BCUT2D eigenvalue weighted by Crippen LogP contribution is 2.34. The fourth-order valence-electron chi connectivity index (χ4n) is 2.85. The van der Waals surface area contributed by atoms with Crippen LogP contribution in [0.5, 0.6) is 0 Å². The van der Waals surface area contributed by atoms with Crippen molar-refractivity contribution in [2.45, 2.75) is 52.1 Å². The van der Waals surface area contributed by atoms with Crippen molar-refractivity contribution in [2.24, 2.45) is 5.92 Å². The van der Waals surface area contributed by atoms with Gasteiger partial charge in [-0.15, -0.1) is 0 Å². The van der Waals surface area contributed by atoms with Gasteiger partial charge in [-0.1, -0.05) is 43.4 Å². The summed E-state index contributed by atoms with van der Waals surface area (Å²) in [5.74, 6) is 0.709. The third-order valence-electron chi connectivity index (χ3n) is 3.94. The molecule has 1 atom stereocenters. The van der Waals surface area contributed by atoms with Crippen LogP contribution in [0.2, 0.25) is 5.02 Å². The standard InChI is InChI=1S/C15H21ClO/c1-10-8-14(16)11(2)7-13(10)15(17)9-12-5-3-4-6-12/h7-8,12,15,17H,3-6,9H2,1-2H3. The van der Waals surface area contributed by atoms with Gasteiger partial charge in [0.1, 0.15) is 0 Å². The maximum atomic E-state index is 10.3. The maximum absolute atomic E-state index is 10.3. The van der Waals surface area contributed by atoms with Gasteiger partial charge in [0.05, 0.1) is 6.10 Å². The lowest BCUT2D eigenvalue weighted by Crippen LogP contribution is -2.06. The summed E-state index contributed by atoms with van der Waals surface area (Å²) in [7, 11) is 0. The van der Waals surface area contributed by atoms with Crippen molar-refractivity contribution >= 4 is 11.6 Å². The van der Waals surface area contributed by atoms with Crippen molar-refractivity contribution in [3.63, 3.8) is 0 Å². The molecule has 1 aromatic rings. The van der Waals surface area contributed by atoms with Crippen molar-refractivity contribution in [1.82, 2.24) is 0 Å². The van der Waals surface area contributed by atoms with Gasteiger partial charge in [-0.25, -0.2) is 0 Å². The number of rotatable bonds is 3. The van der Waals surface area contributed by atoms with Crippen LogP contribution in [-0.4, -0.2) is 5.11 Å². The molecule has 17 heavy (non-hydrogen) atoms. The molecule has 1 aromatic carbocycles. The van der Waals surface area contributed by atoms with Gasteiger partial charge in [-0.3, -0.25) is 0 Å². The Balaban J connectivity index is 2.12. The van der Waals surface area contributed by atoms with E-state index in [-0.39, 0.29) is 6.10 Å². The first-order chi connectivity index (χ1) is 8.08. The molecule has 1 N–H and O–H groups in total. The molecule has 0 spiro atoms. The molecule has 1 saturated carbocycles. The van der Waals surface area contributed by atoms with E-state index >= 15 is 0 Å². The summed E-state index contributed by atoms with van der Waals surface area (Å²) >= 11 is 6.08. The maximum Gasteiger partial charge on any atom is 0.0795 e. The van der Waals surface area contributed by atoms with Crippen LogP contribution in [0.25, 0.3) is 0 Å². The minimum atomic E-state index is -0.325. The minimum Gasteiger partial charge on any atom is -0.388 e. The highest BCUT2D eigenvalue weighted by molar-refractivity contribution is 6.31. The molecule has 2 heteroatoms. The number of aliphatic hydroxyl groups excluding tert-OH is 1. The lowest BCUT2D eigenvalue weighted by atomic mass is 9.92. The van der Waals surface area contributed by atoms with Crippen molar-refractivity contribution in [1.29, 1.82) is 0 Å². The lowest BCUT2D eigenvalue weighted by Gasteiger charge is -2.18. The zero-order valence-electron chi connectivity index (χ0n) is 10.7. The summed E-state index contributed by atoms with van der Waals surface area (Å²) in [6, 6.07) is 4.00. The Bertz CT molecular complexity index is 394. The Hall–Kier alpha value is -0.530. The van der Waals surface area contributed by atoms with Gasteiger partial charge in [-0.05, 0) is 48.9 Å². The smallest absolute Gasteiger partial charge is 0.0795 e. The molecular formula is C15H21ClO. The third kappa shape index (κ3) is 3.02. The number of aryl methyl sites for hydroxylation is 2. The SMILES string of the molecule is Cc1cc(C(O)CC2CCCC2)c(C)cc1Cl. The first-order valence-corrected chi connectivity index (χ1v) is 6.90. The van der Waals surface area contributed by atoms with Crippen LogP contribution in [0.1, 0.15) is 54.9 Å². The Morgan fingerprint density at radius 2 is 1.88 bits per heavy atom. The zero-order chi connectivity index (χ0) is 12.4. The lowest BCUT2D eigenvalue weighted by molar-refractivity contribution is 0.144. The molecule has 0 heterocycles. The van der Waals surface area contributed by atoms with Gasteiger partial charge in [-0.2, -0.15) is 0 Å². The molecular weight excluding hydrogens is 232 g/mol. The van der Waals surface area contributed by atoms with Crippen molar-refractivity contribution in [3.8, 4) is 0 Å². The average Bonchev–Trinajstić information content (AvgIpc) is 2.76. The first kappa shape index (κ1) is 12.9. The summed E-state index contributed by atoms with van der Waals surface area (Å²) < 4.78 is 0. The molecule has 0 amide bonds. The molecule has 1 unspecified atom stereocenters. The molecule has 1 aliphatic carbocycles. The molecule has 0 aromatic heterocycles. The monoisotopic (exact) mass is 252 g/mol. The molecule has 1 aliphatic rings. The van der Waals surface area contributed by atoms with E-state index in [1.165, 1.54) is 25.7 Å². The van der Waals surface area contributed by atoms with Crippen molar-refractivity contribution in [2.75, 3.05) is 0 Å². The molecule has 2 rings (SSSR count). The van der Waals surface area contributed by atoms with Gasteiger partial charge in [0.15, 0.2) is 0 Å². The third-order valence-corrected chi connectivity index (χ3v) is 4.34. The Morgan fingerprint density at radius 3 is 2.53 bits per heavy atom. The van der Waals surface area contributed by atoms with E-state index < -0.39 is 0 Å². The van der Waals surface area contributed by atoms with E-state index in [1.807, 2.05) is 26.0 Å². The zero-order valence-corrected chi connectivity index (χ0v) is 11.4. The van der Waals surface area contributed by atoms with E-state index in [0.717, 1.165) is 28.1 Å². The number of aliphatic hydroxyl groups is 1. The summed E-state index contributed by atoms with van der Waals surface area (Å²) in [6.45, 7) is 4.02. The van der Waals surface area contributed by atoms with E-state index in [1.54, 1.807) is 0 Å². The molecule has 94 valence electrons. The molecule has 0 saturated heterocycles. The second kappa shape index (κ2) is 5.41. The van der Waals surface area contributed by atoms with Crippen LogP contribution in [0, 0.1) is 19.8 Å². The quantitative estimate of drug-likeness (QED) is 0.836. The average molecular weight is 253 g/mol. The Morgan fingerprint density at radius 1 is 1.24 bits per heavy atom. The molecule has 1 fully saturated rings. The second-order valence-electron chi connectivity index (χ2n) is 5.36. The fourth-order valence-corrected chi connectivity index (χ4v) is 3.07. The summed E-state index contributed by atoms with van der Waals surface area (Å²) in [5, 5.41) is 11.1. The summed E-state index contributed by atoms with van der Waals surface area (Å²) in [6.07, 6.45) is 5.80. The van der Waals surface area contributed by atoms with E-state index in [9.17, 15) is 5.11 Å². The molecule has 0 bridgehead atoms. The number of hydrogen-bond acceptors (Lipinski definition) is 1. The normalized spacial score (nSPS) is 18.6. The number of halogens is 1. The molecule has 0 aliphatic heterocycles. The molecule has 1 nitrogen and oxygen atoms in total. The fraction of sp³-hybridized carbons (Fsp3) is 0.600. The van der Waals surface area contributed by atoms with Gasteiger partial charge in [0.2, 0.25) is 0 Å². The van der Waals surface area contributed by atoms with Crippen LogP contribution in [0.15, 0.2) is 12.1 Å². The molecule has 0 radical (unpaired) electrons. The topological polar surface area (TPSA) is 20.2 Å². The van der Waals surface area contributed by atoms with E-state index in [2.05, 4.69) is 0 Å². The van der Waals surface area contributed by atoms with Gasteiger partial charge >= 0.3 is 0 Å². The van der Waals surface area contributed by atoms with E-state index in [0.29, 0.717) is 5.92 Å². The van der Waals surface area contributed by atoms with Crippen LogP contribution >= 0.6 is 11.6 Å². The van der Waals surface area contributed by atoms with Crippen LogP contribution in [-0.2, 0) is 0 Å². The predicted octanol–water partition coefficient (Wildman–Crippen LogP) is 4.57. The highest BCUT2D eigenvalue weighted by Gasteiger charge is 2.21. The van der Waals surface area contributed by atoms with Crippen LogP contribution < -0.4 is 0 Å². The number of benzene rings is 1. The Labute approximate surface area is 109 Å². The minimum absolute atomic E-state index is 0.325. The van der Waals surface area contributed by atoms with Crippen LogP contribution in [0.4, 0.5) is 0 Å². The largest absolute Gasteiger partial charge is 0.388 e. The van der Waals surface area contributed by atoms with Crippen molar-refractivity contribution in [3.05, 3.63) is 33.8 Å². The van der Waals surface area contributed by atoms with Crippen molar-refractivity contribution < 1.29 is 5.11 Å². The van der Waals surface area contributed by atoms with Gasteiger partial charge < -0.3 is 5.11 Å². The Kier molecular flexibility index (Phi) is 4.11. The van der Waals surface area contributed by atoms with Crippen LogP contribution in [0.3, 0.4) is 0 Å². The van der Waals surface area contributed by atoms with Gasteiger partial charge in [0.25, 0.3) is 0 Å². The summed E-state index contributed by atoms with van der Waals surface area (Å²) in [4.78, 5) is 0. The highest BCUT2D eigenvalue weighted by atomic mass is 35.5.